The molecule has 0 atom stereocenters. The maximum atomic E-state index is 10.5. The zero-order chi connectivity index (χ0) is 12.1. The van der Waals surface area contributed by atoms with E-state index >= 15 is 0 Å². The van der Waals surface area contributed by atoms with E-state index in [0.29, 0.717) is 25.5 Å². The molecule has 1 aromatic carbocycles. The van der Waals surface area contributed by atoms with E-state index in [0.717, 1.165) is 11.3 Å². The molecular weight excluding hydrogens is 224 g/mol. The highest BCUT2D eigenvalue weighted by Gasteiger charge is 2.14. The first-order chi connectivity index (χ1) is 8.27. The fourth-order valence-electron chi connectivity index (χ4n) is 1.52. The zero-order valence-corrected chi connectivity index (χ0v) is 9.27. The predicted molar refractivity (Wildman–Crippen MR) is 59.4 cm³/mol. The van der Waals surface area contributed by atoms with E-state index in [-0.39, 0.29) is 6.61 Å². The summed E-state index contributed by atoms with van der Waals surface area (Å²) in [6.45, 7) is 1.35. The van der Waals surface area contributed by atoms with Gasteiger partial charge in [0.2, 0.25) is 5.91 Å². The van der Waals surface area contributed by atoms with Crippen molar-refractivity contribution in [3.05, 3.63) is 23.8 Å². The Bertz CT molecular complexity index is 408. The van der Waals surface area contributed by atoms with E-state index in [9.17, 15) is 4.79 Å². The summed E-state index contributed by atoms with van der Waals surface area (Å²) in [6, 6.07) is 5.62. The lowest BCUT2D eigenvalue weighted by atomic mass is 10.2. The second-order valence-electron chi connectivity index (χ2n) is 3.52. The average Bonchev–Trinajstić information content (AvgIpc) is 2.34. The van der Waals surface area contributed by atoms with Crippen molar-refractivity contribution in [2.45, 2.75) is 6.54 Å². The number of rotatable bonds is 5. The highest BCUT2D eigenvalue weighted by molar-refractivity contribution is 5.74. The molecular formula is C11H14N2O4. The molecule has 0 saturated carbocycles. The molecule has 0 aliphatic carbocycles. The van der Waals surface area contributed by atoms with Gasteiger partial charge in [0.1, 0.15) is 19.8 Å². The number of benzene rings is 1. The van der Waals surface area contributed by atoms with Gasteiger partial charge >= 0.3 is 0 Å². The summed E-state index contributed by atoms with van der Waals surface area (Å²) in [5, 5.41) is 0. The Morgan fingerprint density at radius 1 is 1.41 bits per heavy atom. The first kappa shape index (κ1) is 11.7. The summed E-state index contributed by atoms with van der Waals surface area (Å²) in [4.78, 5) is 15.3. The van der Waals surface area contributed by atoms with Crippen molar-refractivity contribution in [2.24, 2.45) is 5.73 Å². The third-order valence-electron chi connectivity index (χ3n) is 2.23. The minimum atomic E-state index is -0.521. The van der Waals surface area contributed by atoms with Crippen molar-refractivity contribution in [2.75, 3.05) is 19.8 Å². The predicted octanol–water partition coefficient (Wildman–Crippen LogP) is -0.0357. The van der Waals surface area contributed by atoms with Gasteiger partial charge in [-0.25, -0.2) is 0 Å². The van der Waals surface area contributed by atoms with Gasteiger partial charge in [0, 0.05) is 12.1 Å². The third-order valence-corrected chi connectivity index (χ3v) is 2.23. The summed E-state index contributed by atoms with van der Waals surface area (Å²) in [7, 11) is 0. The van der Waals surface area contributed by atoms with E-state index in [2.05, 4.69) is 5.48 Å². The van der Waals surface area contributed by atoms with Crippen LogP contribution < -0.4 is 20.7 Å². The molecule has 0 aromatic heterocycles. The number of nitrogens with two attached hydrogens (primary N) is 1. The molecule has 0 fully saturated rings. The standard InChI is InChI=1S/C11H14N2O4/c12-10(14)7-17-13-6-8-2-1-3-9-11(8)16-5-4-15-9/h1-3,13H,4-7H2,(H2,12,14). The van der Waals surface area contributed by atoms with Gasteiger partial charge < -0.3 is 15.2 Å². The highest BCUT2D eigenvalue weighted by atomic mass is 16.6. The Hall–Kier alpha value is -1.79. The van der Waals surface area contributed by atoms with Gasteiger partial charge in [0.05, 0.1) is 0 Å². The number of fused-ring (bicyclic) bond motifs is 1. The van der Waals surface area contributed by atoms with Crippen molar-refractivity contribution in [3.63, 3.8) is 0 Å². The largest absolute Gasteiger partial charge is 0.486 e. The molecule has 1 heterocycles. The Morgan fingerprint density at radius 3 is 3.06 bits per heavy atom. The molecule has 2 rings (SSSR count). The third kappa shape index (κ3) is 3.08. The number of amides is 1. The molecule has 1 amide bonds. The zero-order valence-electron chi connectivity index (χ0n) is 9.27. The molecule has 1 aliphatic rings. The van der Waals surface area contributed by atoms with Crippen molar-refractivity contribution in [1.29, 1.82) is 0 Å². The van der Waals surface area contributed by atoms with E-state index in [1.54, 1.807) is 0 Å². The molecule has 0 bridgehead atoms. The second-order valence-corrected chi connectivity index (χ2v) is 3.52. The van der Waals surface area contributed by atoms with E-state index in [1.165, 1.54) is 0 Å². The second kappa shape index (κ2) is 5.51. The minimum absolute atomic E-state index is 0.160. The lowest BCUT2D eigenvalue weighted by molar-refractivity contribution is -0.125. The molecule has 0 unspecified atom stereocenters. The van der Waals surface area contributed by atoms with Gasteiger partial charge in [-0.05, 0) is 6.07 Å². The van der Waals surface area contributed by atoms with Crippen LogP contribution in [0.15, 0.2) is 18.2 Å². The van der Waals surface area contributed by atoms with Crippen LogP contribution in [0.25, 0.3) is 0 Å². The molecule has 6 nitrogen and oxygen atoms in total. The summed E-state index contributed by atoms with van der Waals surface area (Å²) >= 11 is 0. The van der Waals surface area contributed by atoms with Gasteiger partial charge in [-0.15, -0.1) is 0 Å². The first-order valence-electron chi connectivity index (χ1n) is 5.28. The number of ether oxygens (including phenoxy) is 2. The van der Waals surface area contributed by atoms with Crippen LogP contribution in [0.4, 0.5) is 0 Å². The molecule has 1 aromatic rings. The Kier molecular flexibility index (Phi) is 3.79. The van der Waals surface area contributed by atoms with Crippen LogP contribution in [0.2, 0.25) is 0 Å². The van der Waals surface area contributed by atoms with E-state index < -0.39 is 5.91 Å². The van der Waals surface area contributed by atoms with E-state index in [4.69, 9.17) is 20.0 Å². The Balaban J connectivity index is 1.94. The average molecular weight is 238 g/mol. The monoisotopic (exact) mass is 238 g/mol. The van der Waals surface area contributed by atoms with Crippen molar-refractivity contribution >= 4 is 5.91 Å². The van der Waals surface area contributed by atoms with Gasteiger partial charge in [-0.1, -0.05) is 12.1 Å². The van der Waals surface area contributed by atoms with Crippen LogP contribution in [0.3, 0.4) is 0 Å². The lowest BCUT2D eigenvalue weighted by Crippen LogP contribution is -2.25. The molecule has 0 spiro atoms. The molecule has 0 saturated heterocycles. The number of carbonyl (C=O) groups excluding carboxylic acids is 1. The Labute approximate surface area is 98.6 Å². The number of hydroxylamine groups is 1. The highest BCUT2D eigenvalue weighted by Crippen LogP contribution is 2.33. The van der Waals surface area contributed by atoms with Gasteiger partial charge in [0.25, 0.3) is 0 Å². The van der Waals surface area contributed by atoms with E-state index in [1.807, 2.05) is 18.2 Å². The van der Waals surface area contributed by atoms with Crippen molar-refractivity contribution in [1.82, 2.24) is 5.48 Å². The summed E-state index contributed by atoms with van der Waals surface area (Å²) < 4.78 is 11.0. The Morgan fingerprint density at radius 2 is 2.24 bits per heavy atom. The van der Waals surface area contributed by atoms with Crippen LogP contribution in [0.5, 0.6) is 11.5 Å². The number of carbonyl (C=O) groups is 1. The number of hydrogen-bond donors (Lipinski definition) is 2. The molecule has 92 valence electrons. The number of para-hydroxylation sites is 1. The smallest absolute Gasteiger partial charge is 0.245 e. The summed E-state index contributed by atoms with van der Waals surface area (Å²) in [6.07, 6.45) is 0. The topological polar surface area (TPSA) is 82.8 Å². The molecule has 1 aliphatic heterocycles. The number of nitrogens with one attached hydrogen (secondary N) is 1. The fourth-order valence-corrected chi connectivity index (χ4v) is 1.52. The van der Waals surface area contributed by atoms with Crippen LogP contribution in [0.1, 0.15) is 5.56 Å². The maximum Gasteiger partial charge on any atom is 0.245 e. The lowest BCUT2D eigenvalue weighted by Gasteiger charge is -2.20. The van der Waals surface area contributed by atoms with Gasteiger partial charge in [-0.2, -0.15) is 5.48 Å². The quantitative estimate of drug-likeness (QED) is 0.555. The number of primary amides is 1. The van der Waals surface area contributed by atoms with Crippen molar-refractivity contribution in [3.8, 4) is 11.5 Å². The minimum Gasteiger partial charge on any atom is -0.486 e. The van der Waals surface area contributed by atoms with Crippen LogP contribution >= 0.6 is 0 Å². The normalized spacial score (nSPS) is 13.4. The molecule has 3 N–H and O–H groups in total. The van der Waals surface area contributed by atoms with Crippen LogP contribution in [-0.4, -0.2) is 25.7 Å². The fraction of sp³-hybridized carbons (Fsp3) is 0.364. The number of hydrogen-bond acceptors (Lipinski definition) is 5. The molecule has 6 heteroatoms. The summed E-state index contributed by atoms with van der Waals surface area (Å²) in [5.74, 6) is 0.923. The van der Waals surface area contributed by atoms with Gasteiger partial charge in [0.15, 0.2) is 11.5 Å². The first-order valence-corrected chi connectivity index (χ1v) is 5.28. The van der Waals surface area contributed by atoms with Crippen molar-refractivity contribution < 1.29 is 19.1 Å². The SMILES string of the molecule is NC(=O)CONCc1cccc2c1OCCO2. The maximum absolute atomic E-state index is 10.5. The van der Waals surface area contributed by atoms with Crippen LogP contribution in [0, 0.1) is 0 Å². The molecule has 0 radical (unpaired) electrons. The van der Waals surface area contributed by atoms with Gasteiger partial charge in [-0.3, -0.25) is 9.63 Å². The molecule has 17 heavy (non-hydrogen) atoms. The van der Waals surface area contributed by atoms with Crippen LogP contribution in [-0.2, 0) is 16.2 Å². The summed E-state index contributed by atoms with van der Waals surface area (Å²) in [5.41, 5.74) is 8.49.